The quantitative estimate of drug-likeness (QED) is 0.625. The lowest BCUT2D eigenvalue weighted by molar-refractivity contribution is -0.123. The van der Waals surface area contributed by atoms with E-state index in [2.05, 4.69) is 41.8 Å². The Bertz CT molecular complexity index is 787. The Morgan fingerprint density at radius 2 is 1.68 bits per heavy atom. The van der Waals surface area contributed by atoms with Crippen molar-refractivity contribution in [1.82, 2.24) is 10.6 Å². The van der Waals surface area contributed by atoms with E-state index in [1.165, 1.54) is 11.1 Å². The van der Waals surface area contributed by atoms with E-state index in [0.29, 0.717) is 12.1 Å². The lowest BCUT2D eigenvalue weighted by Gasteiger charge is -2.22. The van der Waals surface area contributed by atoms with Crippen molar-refractivity contribution in [2.45, 2.75) is 39.5 Å². The highest BCUT2D eigenvalue weighted by atomic mass is 32.2. The van der Waals surface area contributed by atoms with Gasteiger partial charge in [-0.25, -0.2) is 0 Å². The van der Waals surface area contributed by atoms with Gasteiger partial charge in [-0.1, -0.05) is 61.9 Å². The van der Waals surface area contributed by atoms with E-state index in [9.17, 15) is 9.59 Å². The minimum absolute atomic E-state index is 0.00757. The second kappa shape index (κ2) is 10.9. The van der Waals surface area contributed by atoms with Gasteiger partial charge in [-0.15, -0.1) is 0 Å². The largest absolute Gasteiger partial charge is 0.353 e. The first-order valence-electron chi connectivity index (χ1n) is 9.66. The number of aryl methyl sites for hydroxylation is 2. The van der Waals surface area contributed by atoms with Crippen LogP contribution in [0.25, 0.3) is 0 Å². The maximum Gasteiger partial charge on any atom is 0.252 e. The van der Waals surface area contributed by atoms with E-state index in [1.807, 2.05) is 39.0 Å². The summed E-state index contributed by atoms with van der Waals surface area (Å²) < 4.78 is 0. The Morgan fingerprint density at radius 3 is 2.32 bits per heavy atom. The molecule has 2 aromatic carbocycles. The Hall–Kier alpha value is -2.27. The van der Waals surface area contributed by atoms with Crippen molar-refractivity contribution in [2.24, 2.45) is 5.92 Å². The van der Waals surface area contributed by atoms with Crippen LogP contribution in [0.4, 0.5) is 0 Å². The van der Waals surface area contributed by atoms with Crippen molar-refractivity contribution in [3.05, 3.63) is 70.8 Å². The molecule has 4 nitrogen and oxygen atoms in total. The lowest BCUT2D eigenvalue weighted by Crippen LogP contribution is -2.50. The normalized spacial score (nSPS) is 11.9. The van der Waals surface area contributed by atoms with Gasteiger partial charge in [-0.05, 0) is 37.0 Å². The first kappa shape index (κ1) is 22.0. The summed E-state index contributed by atoms with van der Waals surface area (Å²) in [6, 6.07) is 15.4. The molecular formula is C23H30N2O2S. The Morgan fingerprint density at radius 1 is 1.00 bits per heavy atom. The van der Waals surface area contributed by atoms with E-state index in [-0.39, 0.29) is 17.7 Å². The van der Waals surface area contributed by atoms with Crippen LogP contribution >= 0.6 is 11.8 Å². The average molecular weight is 399 g/mol. The van der Waals surface area contributed by atoms with Crippen molar-refractivity contribution in [3.63, 3.8) is 0 Å². The summed E-state index contributed by atoms with van der Waals surface area (Å²) in [5, 5.41) is 5.84. The first-order chi connectivity index (χ1) is 13.4. The van der Waals surface area contributed by atoms with Gasteiger partial charge in [0.15, 0.2) is 0 Å². The summed E-state index contributed by atoms with van der Waals surface area (Å²) in [6.45, 7) is 8.43. The highest BCUT2D eigenvalue weighted by Crippen LogP contribution is 2.13. The van der Waals surface area contributed by atoms with Crippen LogP contribution in [-0.2, 0) is 10.5 Å². The Kier molecular flexibility index (Phi) is 8.58. The summed E-state index contributed by atoms with van der Waals surface area (Å²) in [7, 11) is 0. The Balaban J connectivity index is 1.79. The van der Waals surface area contributed by atoms with Crippen molar-refractivity contribution >= 4 is 23.6 Å². The third-order valence-electron chi connectivity index (χ3n) is 4.56. The SMILES string of the molecule is Cc1ccc(CSCCNC(=O)[C@@H](NC(=O)c2ccccc2C)C(C)C)cc1. The molecule has 5 heteroatoms. The van der Waals surface area contributed by atoms with Crippen LogP contribution in [0.1, 0.15) is 40.9 Å². The fourth-order valence-corrected chi connectivity index (χ4v) is 3.63. The zero-order valence-electron chi connectivity index (χ0n) is 17.1. The fraction of sp³-hybridized carbons (Fsp3) is 0.391. The maximum atomic E-state index is 12.6. The number of hydrogen-bond donors (Lipinski definition) is 2. The van der Waals surface area contributed by atoms with Gasteiger partial charge in [0, 0.05) is 23.6 Å². The van der Waals surface area contributed by atoms with Crippen LogP contribution in [0.2, 0.25) is 0 Å². The summed E-state index contributed by atoms with van der Waals surface area (Å²) >= 11 is 1.78. The molecule has 0 radical (unpaired) electrons. The summed E-state index contributed by atoms with van der Waals surface area (Å²) in [5.41, 5.74) is 4.05. The van der Waals surface area contributed by atoms with E-state index < -0.39 is 6.04 Å². The van der Waals surface area contributed by atoms with Crippen LogP contribution in [0.5, 0.6) is 0 Å². The highest BCUT2D eigenvalue weighted by Gasteiger charge is 2.24. The minimum Gasteiger partial charge on any atom is -0.353 e. The molecule has 28 heavy (non-hydrogen) atoms. The number of benzene rings is 2. The third kappa shape index (κ3) is 6.71. The summed E-state index contributed by atoms with van der Waals surface area (Å²) in [5.74, 6) is 1.42. The number of rotatable bonds is 9. The highest BCUT2D eigenvalue weighted by molar-refractivity contribution is 7.98. The predicted molar refractivity (Wildman–Crippen MR) is 118 cm³/mol. The van der Waals surface area contributed by atoms with Crippen LogP contribution in [0, 0.1) is 19.8 Å². The topological polar surface area (TPSA) is 58.2 Å². The third-order valence-corrected chi connectivity index (χ3v) is 5.59. The molecule has 0 unspecified atom stereocenters. The number of carbonyl (C=O) groups excluding carboxylic acids is 2. The zero-order valence-corrected chi connectivity index (χ0v) is 17.9. The number of nitrogens with one attached hydrogen (secondary N) is 2. The molecule has 0 saturated carbocycles. The van der Waals surface area contributed by atoms with Gasteiger partial charge in [0.05, 0.1) is 0 Å². The van der Waals surface area contributed by atoms with Crippen LogP contribution < -0.4 is 10.6 Å². The van der Waals surface area contributed by atoms with Gasteiger partial charge >= 0.3 is 0 Å². The first-order valence-corrected chi connectivity index (χ1v) is 10.8. The van der Waals surface area contributed by atoms with Crippen molar-refractivity contribution in [1.29, 1.82) is 0 Å². The molecule has 2 N–H and O–H groups in total. The molecule has 0 spiro atoms. The van der Waals surface area contributed by atoms with Crippen LogP contribution in [0.15, 0.2) is 48.5 Å². The van der Waals surface area contributed by atoms with Crippen molar-refractivity contribution in [3.8, 4) is 0 Å². The van der Waals surface area contributed by atoms with Gasteiger partial charge in [-0.3, -0.25) is 9.59 Å². The number of carbonyl (C=O) groups is 2. The molecule has 0 aliphatic heterocycles. The fourth-order valence-electron chi connectivity index (χ4n) is 2.81. The van der Waals surface area contributed by atoms with Crippen LogP contribution in [-0.4, -0.2) is 30.2 Å². The zero-order chi connectivity index (χ0) is 20.5. The molecule has 0 saturated heterocycles. The average Bonchev–Trinajstić information content (AvgIpc) is 2.67. The van der Waals surface area contributed by atoms with E-state index in [0.717, 1.165) is 17.1 Å². The summed E-state index contributed by atoms with van der Waals surface area (Å²) in [4.78, 5) is 25.1. The number of hydrogen-bond acceptors (Lipinski definition) is 3. The molecule has 2 aromatic rings. The van der Waals surface area contributed by atoms with Crippen molar-refractivity contribution < 1.29 is 9.59 Å². The molecular weight excluding hydrogens is 368 g/mol. The molecule has 2 amide bonds. The second-order valence-electron chi connectivity index (χ2n) is 7.34. The van der Waals surface area contributed by atoms with E-state index in [4.69, 9.17) is 0 Å². The van der Waals surface area contributed by atoms with Gasteiger partial charge < -0.3 is 10.6 Å². The summed E-state index contributed by atoms with van der Waals surface area (Å²) in [6.07, 6.45) is 0. The molecule has 0 bridgehead atoms. The van der Waals surface area contributed by atoms with Gasteiger partial charge in [-0.2, -0.15) is 11.8 Å². The van der Waals surface area contributed by atoms with Gasteiger partial charge in [0.25, 0.3) is 5.91 Å². The Labute approximate surface area is 172 Å². The van der Waals surface area contributed by atoms with Crippen LogP contribution in [0.3, 0.4) is 0 Å². The smallest absolute Gasteiger partial charge is 0.252 e. The second-order valence-corrected chi connectivity index (χ2v) is 8.44. The molecule has 2 rings (SSSR count). The molecule has 0 aliphatic carbocycles. The minimum atomic E-state index is -0.547. The number of amides is 2. The predicted octanol–water partition coefficient (Wildman–Crippen LogP) is 4.11. The van der Waals surface area contributed by atoms with Gasteiger partial charge in [0.1, 0.15) is 6.04 Å². The van der Waals surface area contributed by atoms with E-state index in [1.54, 1.807) is 17.8 Å². The molecule has 0 fully saturated rings. The molecule has 150 valence electrons. The van der Waals surface area contributed by atoms with Gasteiger partial charge in [0.2, 0.25) is 5.91 Å². The molecule has 0 heterocycles. The standard InChI is InChI=1S/C23H30N2O2S/c1-16(2)21(25-22(26)20-8-6-5-7-18(20)4)23(27)24-13-14-28-15-19-11-9-17(3)10-12-19/h5-12,16,21H,13-15H2,1-4H3,(H,24,27)(H,25,26)/t21-/m0/s1. The molecule has 1 atom stereocenters. The molecule has 0 aromatic heterocycles. The van der Waals surface area contributed by atoms with Crippen molar-refractivity contribution in [2.75, 3.05) is 12.3 Å². The number of thioether (sulfide) groups is 1. The van der Waals surface area contributed by atoms with E-state index >= 15 is 0 Å². The maximum absolute atomic E-state index is 12.6. The lowest BCUT2D eigenvalue weighted by atomic mass is 10.0. The molecule has 0 aliphatic rings. The monoisotopic (exact) mass is 398 g/mol.